The summed E-state index contributed by atoms with van der Waals surface area (Å²) >= 11 is 0. The third-order valence-corrected chi connectivity index (χ3v) is 5.20. The van der Waals surface area contributed by atoms with E-state index in [-0.39, 0.29) is 0 Å². The maximum absolute atomic E-state index is 13.5. The van der Waals surface area contributed by atoms with Crippen LogP contribution in [0.3, 0.4) is 0 Å². The van der Waals surface area contributed by atoms with Gasteiger partial charge in [0.2, 0.25) is 0 Å². The van der Waals surface area contributed by atoms with E-state index >= 15 is 0 Å². The first-order valence-electron chi connectivity index (χ1n) is 10.4. The van der Waals surface area contributed by atoms with Crippen molar-refractivity contribution in [3.05, 3.63) is 64.7 Å². The molecule has 0 heterocycles. The van der Waals surface area contributed by atoms with Gasteiger partial charge in [-0.3, -0.25) is 0 Å². The molecule has 1 aliphatic carbocycles. The maximum Gasteiger partial charge on any atom is 0.408 e. The van der Waals surface area contributed by atoms with E-state index < -0.39 is 35.5 Å². The minimum Gasteiger partial charge on any atom is -0.444 e. The number of aliphatic hydroxyl groups excluding tert-OH is 1. The van der Waals surface area contributed by atoms with Crippen molar-refractivity contribution in [1.29, 1.82) is 0 Å². The molecule has 0 spiro atoms. The average molecular weight is 446 g/mol. The fourth-order valence-corrected chi connectivity index (χ4v) is 3.58. The molecular formula is C24H29F2N3O3. The van der Waals surface area contributed by atoms with Gasteiger partial charge in [0, 0.05) is 20.0 Å². The highest BCUT2D eigenvalue weighted by atomic mass is 19.2. The fourth-order valence-electron chi connectivity index (χ4n) is 3.58. The molecule has 2 atom stereocenters. The summed E-state index contributed by atoms with van der Waals surface area (Å²) in [4.78, 5) is 18.7. The highest BCUT2D eigenvalue weighted by molar-refractivity contribution is 5.82. The molecule has 0 saturated heterocycles. The largest absolute Gasteiger partial charge is 0.444 e. The van der Waals surface area contributed by atoms with E-state index in [0.29, 0.717) is 30.1 Å². The Balaban J connectivity index is 1.75. The van der Waals surface area contributed by atoms with Crippen LogP contribution in [0.15, 0.2) is 41.4 Å². The highest BCUT2D eigenvalue weighted by Gasteiger charge is 2.33. The van der Waals surface area contributed by atoms with Crippen molar-refractivity contribution in [1.82, 2.24) is 10.2 Å². The predicted octanol–water partition coefficient (Wildman–Crippen LogP) is 4.63. The molecule has 0 saturated carbocycles. The summed E-state index contributed by atoms with van der Waals surface area (Å²) < 4.78 is 31.9. The van der Waals surface area contributed by atoms with Crippen molar-refractivity contribution in [2.24, 2.45) is 4.99 Å². The fraction of sp³-hybridized carbons (Fsp3) is 0.417. The Morgan fingerprint density at radius 2 is 1.94 bits per heavy atom. The molecule has 6 nitrogen and oxygen atoms in total. The Morgan fingerprint density at radius 3 is 2.59 bits per heavy atom. The zero-order chi connectivity index (χ0) is 23.6. The van der Waals surface area contributed by atoms with Crippen LogP contribution in [0.5, 0.6) is 0 Å². The normalized spacial score (nSPS) is 18.3. The van der Waals surface area contributed by atoms with Crippen molar-refractivity contribution < 1.29 is 23.4 Å². The minimum atomic E-state index is -0.883. The number of halogens is 2. The summed E-state index contributed by atoms with van der Waals surface area (Å²) in [5, 5.41) is 13.2. The van der Waals surface area contributed by atoms with Crippen LogP contribution in [0, 0.1) is 11.6 Å². The van der Waals surface area contributed by atoms with Crippen LogP contribution in [-0.2, 0) is 17.7 Å². The van der Waals surface area contributed by atoms with Gasteiger partial charge < -0.3 is 20.1 Å². The minimum absolute atomic E-state index is 0.360. The van der Waals surface area contributed by atoms with E-state index in [1.807, 2.05) is 37.1 Å². The van der Waals surface area contributed by atoms with Crippen molar-refractivity contribution in [2.75, 3.05) is 7.05 Å². The number of nitrogens with zero attached hydrogens (tertiary/aromatic N) is 2. The van der Waals surface area contributed by atoms with E-state index in [2.05, 4.69) is 10.3 Å². The smallest absolute Gasteiger partial charge is 0.408 e. The summed E-state index contributed by atoms with van der Waals surface area (Å²) in [5.41, 5.74) is 2.37. The van der Waals surface area contributed by atoms with E-state index in [0.717, 1.165) is 17.2 Å². The van der Waals surface area contributed by atoms with Crippen LogP contribution in [0.2, 0.25) is 0 Å². The van der Waals surface area contributed by atoms with Gasteiger partial charge in [-0.1, -0.05) is 12.1 Å². The summed E-state index contributed by atoms with van der Waals surface area (Å²) in [6.45, 7) is 7.51. The maximum atomic E-state index is 13.5. The molecule has 1 amide bonds. The quantitative estimate of drug-likeness (QED) is 0.532. The van der Waals surface area contributed by atoms with Gasteiger partial charge in [-0.15, -0.1) is 0 Å². The first kappa shape index (κ1) is 23.7. The number of aliphatic hydroxyl groups is 1. The number of carbonyl (C=O) groups is 1. The zero-order valence-electron chi connectivity index (χ0n) is 18.9. The lowest BCUT2D eigenvalue weighted by Gasteiger charge is -2.23. The molecule has 0 unspecified atom stereocenters. The van der Waals surface area contributed by atoms with Gasteiger partial charge in [0.15, 0.2) is 11.6 Å². The molecule has 32 heavy (non-hydrogen) atoms. The Kier molecular flexibility index (Phi) is 6.83. The Labute approximate surface area is 186 Å². The number of amidine groups is 1. The molecule has 3 rings (SSSR count). The lowest BCUT2D eigenvalue weighted by atomic mass is 10.1. The Hall–Kier alpha value is -3.00. The van der Waals surface area contributed by atoms with Gasteiger partial charge >= 0.3 is 6.09 Å². The molecule has 1 aliphatic rings. The molecule has 172 valence electrons. The molecule has 0 radical (unpaired) electrons. The molecule has 0 fully saturated rings. The Morgan fingerprint density at radius 1 is 1.22 bits per heavy atom. The number of rotatable bonds is 4. The van der Waals surface area contributed by atoms with Gasteiger partial charge in [0.1, 0.15) is 11.4 Å². The lowest BCUT2D eigenvalue weighted by Crippen LogP contribution is -2.38. The number of hydrogen-bond donors (Lipinski definition) is 2. The zero-order valence-corrected chi connectivity index (χ0v) is 18.9. The molecule has 0 aromatic heterocycles. The summed E-state index contributed by atoms with van der Waals surface area (Å²) in [7, 11) is 1.81. The van der Waals surface area contributed by atoms with Gasteiger partial charge in [-0.05, 0) is 68.7 Å². The lowest BCUT2D eigenvalue weighted by molar-refractivity contribution is 0.0438. The monoisotopic (exact) mass is 445 g/mol. The molecule has 2 N–H and O–H groups in total. The molecule has 0 aliphatic heterocycles. The second kappa shape index (κ2) is 9.24. The molecule has 8 heteroatoms. The summed E-state index contributed by atoms with van der Waals surface area (Å²) in [5.74, 6) is -1.09. The second-order valence-electron chi connectivity index (χ2n) is 9.04. The first-order valence-corrected chi connectivity index (χ1v) is 10.4. The van der Waals surface area contributed by atoms with E-state index in [4.69, 9.17) is 4.74 Å². The summed E-state index contributed by atoms with van der Waals surface area (Å²) in [6.07, 6.45) is -0.922. The number of ether oxygens (including phenoxy) is 1. The van der Waals surface area contributed by atoms with Gasteiger partial charge in [-0.2, -0.15) is 0 Å². The van der Waals surface area contributed by atoms with Crippen LogP contribution in [-0.4, -0.2) is 40.7 Å². The number of amides is 1. The predicted molar refractivity (Wildman–Crippen MR) is 119 cm³/mol. The topological polar surface area (TPSA) is 74.2 Å². The number of nitrogens with one attached hydrogen (secondary N) is 1. The number of alkyl carbamates (subject to hydrolysis) is 1. The van der Waals surface area contributed by atoms with Crippen LogP contribution >= 0.6 is 0 Å². The van der Waals surface area contributed by atoms with Crippen molar-refractivity contribution in [3.8, 4) is 0 Å². The number of hydrogen-bond acceptors (Lipinski definition) is 4. The van der Waals surface area contributed by atoms with E-state index in [1.165, 1.54) is 12.1 Å². The van der Waals surface area contributed by atoms with Crippen molar-refractivity contribution in [3.63, 3.8) is 0 Å². The first-order chi connectivity index (χ1) is 14.9. The number of benzene rings is 2. The van der Waals surface area contributed by atoms with Crippen LogP contribution in [0.4, 0.5) is 19.3 Å². The SMILES string of the molecule is CC(=Nc1ccc2c(c1)[C@@H](NC(=O)OC(C)(C)C)[C@H](O)C2)N(C)Cc1ccc(F)c(F)c1. The van der Waals surface area contributed by atoms with Crippen LogP contribution < -0.4 is 5.32 Å². The Bertz CT molecular complexity index is 1030. The molecule has 2 aromatic rings. The van der Waals surface area contributed by atoms with Crippen molar-refractivity contribution >= 4 is 17.6 Å². The third-order valence-electron chi connectivity index (χ3n) is 5.20. The van der Waals surface area contributed by atoms with Gasteiger partial charge in [0.05, 0.1) is 17.8 Å². The van der Waals surface area contributed by atoms with Gasteiger partial charge in [-0.25, -0.2) is 18.6 Å². The third kappa shape index (κ3) is 5.82. The highest BCUT2D eigenvalue weighted by Crippen LogP contribution is 2.34. The standard InChI is InChI=1S/C24H29F2N3O3/c1-14(29(5)13-15-6-9-19(25)20(26)10-15)27-17-8-7-16-11-21(30)22(18(16)12-17)28-23(31)32-24(2,3)4/h6-10,12,21-22,30H,11,13H2,1-5H3,(H,28,31)/t21-,22-/m1/s1. The second-order valence-corrected chi connectivity index (χ2v) is 9.04. The average Bonchev–Trinajstić information content (AvgIpc) is 2.98. The van der Waals surface area contributed by atoms with E-state index in [1.54, 1.807) is 20.8 Å². The summed E-state index contributed by atoms with van der Waals surface area (Å²) in [6, 6.07) is 8.79. The van der Waals surface area contributed by atoms with E-state index in [9.17, 15) is 18.7 Å². The number of fused-ring (bicyclic) bond motifs is 1. The van der Waals surface area contributed by atoms with Gasteiger partial charge in [0.25, 0.3) is 0 Å². The molecule has 0 bridgehead atoms. The number of aliphatic imine (C=N–C) groups is 1. The molecule has 2 aromatic carbocycles. The number of carbonyl (C=O) groups excluding carboxylic acids is 1. The molecular weight excluding hydrogens is 416 g/mol. The van der Waals surface area contributed by atoms with Crippen molar-refractivity contribution in [2.45, 2.75) is 58.4 Å². The van der Waals surface area contributed by atoms with Crippen LogP contribution in [0.1, 0.15) is 50.4 Å². The van der Waals surface area contributed by atoms with Crippen LogP contribution in [0.25, 0.3) is 0 Å².